The van der Waals surface area contributed by atoms with Crippen LogP contribution in [0.3, 0.4) is 0 Å². The van der Waals surface area contributed by atoms with E-state index in [0.29, 0.717) is 30.6 Å². The average molecular weight is 331 g/mol. The maximum atomic E-state index is 12.1. The Morgan fingerprint density at radius 3 is 2.30 bits per heavy atom. The van der Waals surface area contributed by atoms with E-state index in [1.807, 2.05) is 36.6 Å². The Balaban J connectivity index is 1.96. The number of amides is 2. The van der Waals surface area contributed by atoms with Crippen LogP contribution < -0.4 is 16.4 Å². The molecule has 1 aromatic carbocycles. The van der Waals surface area contributed by atoms with E-state index in [1.54, 1.807) is 23.5 Å². The Morgan fingerprint density at radius 1 is 1.09 bits per heavy atom. The van der Waals surface area contributed by atoms with E-state index in [-0.39, 0.29) is 17.9 Å². The number of carbonyl (C=O) groups excluding carboxylic acids is 2. The topological polar surface area (TPSA) is 84.2 Å². The van der Waals surface area contributed by atoms with Gasteiger partial charge in [0.2, 0.25) is 11.8 Å². The molecule has 0 aliphatic heterocycles. The van der Waals surface area contributed by atoms with Gasteiger partial charge in [0.05, 0.1) is 17.8 Å². The summed E-state index contributed by atoms with van der Waals surface area (Å²) in [6, 6.07) is 11.0. The summed E-state index contributed by atoms with van der Waals surface area (Å²) in [5.41, 5.74) is 6.86. The molecular weight excluding hydrogens is 310 g/mol. The van der Waals surface area contributed by atoms with Crippen LogP contribution in [-0.2, 0) is 16.0 Å². The molecule has 6 heteroatoms. The van der Waals surface area contributed by atoms with Crippen molar-refractivity contribution < 1.29 is 9.59 Å². The van der Waals surface area contributed by atoms with Gasteiger partial charge in [-0.15, -0.1) is 11.3 Å². The zero-order valence-corrected chi connectivity index (χ0v) is 13.9. The number of benzene rings is 1. The summed E-state index contributed by atoms with van der Waals surface area (Å²) in [4.78, 5) is 25.0. The molecule has 1 heterocycles. The summed E-state index contributed by atoms with van der Waals surface area (Å²) in [7, 11) is 0. The molecule has 2 amide bonds. The first kappa shape index (κ1) is 17.2. The molecule has 0 aliphatic rings. The highest BCUT2D eigenvalue weighted by atomic mass is 32.1. The first-order valence-corrected chi connectivity index (χ1v) is 8.39. The summed E-state index contributed by atoms with van der Waals surface area (Å²) in [5, 5.41) is 7.61. The fourth-order valence-electron chi connectivity index (χ4n) is 2.04. The van der Waals surface area contributed by atoms with Gasteiger partial charge in [0.1, 0.15) is 0 Å². The summed E-state index contributed by atoms with van der Waals surface area (Å²) in [5.74, 6) is -0.216. The number of carbonyl (C=O) groups is 2. The fraction of sp³-hybridized carbons (Fsp3) is 0.294. The van der Waals surface area contributed by atoms with Gasteiger partial charge in [0.15, 0.2) is 0 Å². The zero-order valence-electron chi connectivity index (χ0n) is 13.0. The van der Waals surface area contributed by atoms with Crippen LogP contribution >= 0.6 is 11.3 Å². The number of hydrogen-bond acceptors (Lipinski definition) is 4. The summed E-state index contributed by atoms with van der Waals surface area (Å²) >= 11 is 1.54. The first-order valence-electron chi connectivity index (χ1n) is 7.51. The van der Waals surface area contributed by atoms with Crippen molar-refractivity contribution in [1.29, 1.82) is 0 Å². The molecule has 0 saturated heterocycles. The third-order valence-corrected chi connectivity index (χ3v) is 4.09. The number of thiophene rings is 1. The predicted molar refractivity (Wildman–Crippen MR) is 94.6 cm³/mol. The fourth-order valence-corrected chi connectivity index (χ4v) is 2.74. The van der Waals surface area contributed by atoms with Crippen molar-refractivity contribution in [3.63, 3.8) is 0 Å². The van der Waals surface area contributed by atoms with Crippen LogP contribution in [0, 0.1) is 0 Å². The Labute approximate surface area is 139 Å². The number of para-hydroxylation sites is 2. The molecule has 0 bridgehead atoms. The number of anilines is 2. The maximum absolute atomic E-state index is 12.1. The van der Waals surface area contributed by atoms with Crippen molar-refractivity contribution in [3.05, 3.63) is 46.7 Å². The molecule has 2 aromatic rings. The lowest BCUT2D eigenvalue weighted by atomic mass is 10.2. The van der Waals surface area contributed by atoms with Gasteiger partial charge < -0.3 is 16.4 Å². The van der Waals surface area contributed by atoms with Gasteiger partial charge in [-0.3, -0.25) is 9.59 Å². The van der Waals surface area contributed by atoms with Crippen LogP contribution in [-0.4, -0.2) is 17.9 Å². The molecule has 1 atom stereocenters. The molecule has 1 aromatic heterocycles. The number of hydrogen-bond donors (Lipinski definition) is 3. The quantitative estimate of drug-likeness (QED) is 0.729. The molecular formula is C17H21N3O2S. The highest BCUT2D eigenvalue weighted by molar-refractivity contribution is 7.10. The lowest BCUT2D eigenvalue weighted by Gasteiger charge is -2.12. The van der Waals surface area contributed by atoms with Gasteiger partial charge in [-0.1, -0.05) is 18.2 Å². The van der Waals surface area contributed by atoms with E-state index in [2.05, 4.69) is 10.6 Å². The Hall–Kier alpha value is -2.18. The molecule has 0 fully saturated rings. The number of rotatable bonds is 7. The summed E-state index contributed by atoms with van der Waals surface area (Å²) in [6.45, 7) is 1.87. The molecule has 0 spiro atoms. The lowest BCUT2D eigenvalue weighted by Crippen LogP contribution is -2.20. The minimum absolute atomic E-state index is 0.0125. The van der Waals surface area contributed by atoms with Crippen molar-refractivity contribution in [1.82, 2.24) is 0 Å². The van der Waals surface area contributed by atoms with Crippen molar-refractivity contribution in [2.45, 2.75) is 32.2 Å². The second-order valence-electron chi connectivity index (χ2n) is 5.41. The van der Waals surface area contributed by atoms with Gasteiger partial charge in [-0.2, -0.15) is 0 Å². The van der Waals surface area contributed by atoms with Crippen molar-refractivity contribution in [2.75, 3.05) is 10.6 Å². The van der Waals surface area contributed by atoms with E-state index in [1.165, 1.54) is 0 Å². The van der Waals surface area contributed by atoms with E-state index in [0.717, 1.165) is 4.88 Å². The third-order valence-electron chi connectivity index (χ3n) is 3.22. The Bertz CT molecular complexity index is 654. The second kappa shape index (κ2) is 8.45. The van der Waals surface area contributed by atoms with Crippen LogP contribution in [0.15, 0.2) is 41.8 Å². The van der Waals surface area contributed by atoms with Gasteiger partial charge >= 0.3 is 0 Å². The summed E-state index contributed by atoms with van der Waals surface area (Å²) < 4.78 is 0. The molecule has 2 rings (SSSR count). The molecule has 122 valence electrons. The van der Waals surface area contributed by atoms with E-state index >= 15 is 0 Å². The first-order chi connectivity index (χ1) is 11.0. The SMILES string of the molecule is CC(N)CCC(=O)Nc1ccccc1NC(=O)Cc1cccs1. The van der Waals surface area contributed by atoms with Gasteiger partial charge in [-0.25, -0.2) is 0 Å². The molecule has 1 unspecified atom stereocenters. The standard InChI is InChI=1S/C17H21N3O2S/c1-12(18)8-9-16(21)19-14-6-2-3-7-15(14)20-17(22)11-13-5-4-10-23-13/h2-7,10,12H,8-9,11,18H2,1H3,(H,19,21)(H,20,22). The van der Waals surface area contributed by atoms with E-state index < -0.39 is 0 Å². The van der Waals surface area contributed by atoms with Crippen LogP contribution in [0.5, 0.6) is 0 Å². The normalized spacial score (nSPS) is 11.7. The third kappa shape index (κ3) is 5.84. The molecule has 0 saturated carbocycles. The smallest absolute Gasteiger partial charge is 0.229 e. The maximum Gasteiger partial charge on any atom is 0.229 e. The monoisotopic (exact) mass is 331 g/mol. The van der Waals surface area contributed by atoms with E-state index in [4.69, 9.17) is 5.73 Å². The van der Waals surface area contributed by atoms with E-state index in [9.17, 15) is 9.59 Å². The zero-order chi connectivity index (χ0) is 16.7. The minimum Gasteiger partial charge on any atom is -0.328 e. The largest absolute Gasteiger partial charge is 0.328 e. The highest BCUT2D eigenvalue weighted by Crippen LogP contribution is 2.22. The van der Waals surface area contributed by atoms with Crippen LogP contribution in [0.25, 0.3) is 0 Å². The number of nitrogens with two attached hydrogens (primary N) is 1. The predicted octanol–water partition coefficient (Wildman–Crippen LogP) is 3.00. The Kier molecular flexibility index (Phi) is 6.31. The van der Waals surface area contributed by atoms with Crippen LogP contribution in [0.2, 0.25) is 0 Å². The molecule has 4 N–H and O–H groups in total. The average Bonchev–Trinajstić information content (AvgIpc) is 3.00. The van der Waals surface area contributed by atoms with Crippen molar-refractivity contribution >= 4 is 34.5 Å². The Morgan fingerprint density at radius 2 is 1.74 bits per heavy atom. The second-order valence-corrected chi connectivity index (χ2v) is 6.45. The lowest BCUT2D eigenvalue weighted by molar-refractivity contribution is -0.117. The van der Waals surface area contributed by atoms with Crippen LogP contribution in [0.4, 0.5) is 11.4 Å². The van der Waals surface area contributed by atoms with Gasteiger partial charge in [-0.05, 0) is 36.9 Å². The van der Waals surface area contributed by atoms with Crippen molar-refractivity contribution in [3.8, 4) is 0 Å². The van der Waals surface area contributed by atoms with Crippen LogP contribution in [0.1, 0.15) is 24.6 Å². The summed E-state index contributed by atoms with van der Waals surface area (Å²) in [6.07, 6.45) is 1.30. The molecule has 0 radical (unpaired) electrons. The molecule has 0 aliphatic carbocycles. The molecule has 23 heavy (non-hydrogen) atoms. The molecule has 5 nitrogen and oxygen atoms in total. The van der Waals surface area contributed by atoms with Crippen molar-refractivity contribution in [2.24, 2.45) is 5.73 Å². The minimum atomic E-state index is -0.109. The highest BCUT2D eigenvalue weighted by Gasteiger charge is 2.10. The van der Waals surface area contributed by atoms with Gasteiger partial charge in [0, 0.05) is 17.3 Å². The number of nitrogens with one attached hydrogen (secondary N) is 2. The van der Waals surface area contributed by atoms with Gasteiger partial charge in [0.25, 0.3) is 0 Å².